The normalized spacial score (nSPS) is 16.6. The highest BCUT2D eigenvalue weighted by Crippen LogP contribution is 2.32. The molecule has 0 spiro atoms. The number of carbonyl (C=O) groups is 1. The van der Waals surface area contributed by atoms with Crippen LogP contribution >= 0.6 is 0 Å². The molecule has 0 saturated carbocycles. The van der Waals surface area contributed by atoms with Crippen LogP contribution in [0.15, 0.2) is 59.5 Å². The molecule has 5 rings (SSSR count). The maximum Gasteiger partial charge on any atom is 0.274 e. The summed E-state index contributed by atoms with van der Waals surface area (Å²) in [4.78, 5) is 41.4. The molecule has 0 aliphatic carbocycles. The summed E-state index contributed by atoms with van der Waals surface area (Å²) in [7, 11) is 1.72. The molecule has 29 heavy (non-hydrogen) atoms. The van der Waals surface area contributed by atoms with Crippen molar-refractivity contribution in [1.82, 2.24) is 24.4 Å². The van der Waals surface area contributed by atoms with E-state index in [2.05, 4.69) is 9.97 Å². The van der Waals surface area contributed by atoms with E-state index in [1.54, 1.807) is 22.6 Å². The second-order valence-electron chi connectivity index (χ2n) is 7.25. The van der Waals surface area contributed by atoms with Crippen molar-refractivity contribution >= 4 is 27.8 Å². The summed E-state index contributed by atoms with van der Waals surface area (Å²) in [5.41, 5.74) is 2.29. The van der Waals surface area contributed by atoms with E-state index in [4.69, 9.17) is 4.98 Å². The Morgan fingerprint density at radius 1 is 1.00 bits per heavy atom. The third-order valence-corrected chi connectivity index (χ3v) is 5.50. The van der Waals surface area contributed by atoms with E-state index in [1.165, 1.54) is 6.20 Å². The van der Waals surface area contributed by atoms with Gasteiger partial charge >= 0.3 is 0 Å². The third-order valence-electron chi connectivity index (χ3n) is 5.50. The maximum absolute atomic E-state index is 13.2. The SMILES string of the molecule is Cn1c(C2CCCN2C(=O)c2cnc3ccccc3n2)nc2ccccc2c1=O. The van der Waals surface area contributed by atoms with Crippen molar-refractivity contribution < 1.29 is 4.79 Å². The van der Waals surface area contributed by atoms with Gasteiger partial charge in [0.25, 0.3) is 11.5 Å². The van der Waals surface area contributed by atoms with E-state index in [0.29, 0.717) is 34.5 Å². The van der Waals surface area contributed by atoms with E-state index in [9.17, 15) is 9.59 Å². The van der Waals surface area contributed by atoms with Crippen LogP contribution in [0.3, 0.4) is 0 Å². The van der Waals surface area contributed by atoms with Gasteiger partial charge in [-0.2, -0.15) is 0 Å². The largest absolute Gasteiger partial charge is 0.327 e. The molecule has 0 bridgehead atoms. The molecule has 1 aliphatic rings. The zero-order chi connectivity index (χ0) is 20.0. The number of hydrogen-bond donors (Lipinski definition) is 0. The molecule has 1 unspecified atom stereocenters. The number of likely N-dealkylation sites (tertiary alicyclic amines) is 1. The number of nitrogens with zero attached hydrogens (tertiary/aromatic N) is 5. The standard InChI is InChI=1S/C22H19N5O2/c1-26-20(25-15-8-3-2-7-14(15)21(26)28)19-11-6-12-27(19)22(29)18-13-23-16-9-4-5-10-17(16)24-18/h2-5,7-10,13,19H,6,11-12H2,1H3. The molecule has 144 valence electrons. The van der Waals surface area contributed by atoms with Crippen molar-refractivity contribution in [2.45, 2.75) is 18.9 Å². The summed E-state index contributed by atoms with van der Waals surface area (Å²) in [5.74, 6) is 0.418. The van der Waals surface area contributed by atoms with Crippen LogP contribution < -0.4 is 5.56 Å². The molecule has 2 aromatic heterocycles. The maximum atomic E-state index is 13.2. The van der Waals surface area contributed by atoms with E-state index in [1.807, 2.05) is 42.5 Å². The highest BCUT2D eigenvalue weighted by Gasteiger charge is 2.34. The van der Waals surface area contributed by atoms with Gasteiger partial charge in [-0.1, -0.05) is 24.3 Å². The van der Waals surface area contributed by atoms with Crippen LogP contribution in [-0.2, 0) is 7.05 Å². The van der Waals surface area contributed by atoms with Crippen molar-refractivity contribution in [3.05, 3.63) is 76.6 Å². The van der Waals surface area contributed by atoms with Crippen LogP contribution in [0.4, 0.5) is 0 Å². The van der Waals surface area contributed by atoms with Crippen LogP contribution in [0.1, 0.15) is 35.2 Å². The summed E-state index contributed by atoms with van der Waals surface area (Å²) in [5, 5.41) is 0.579. The van der Waals surface area contributed by atoms with Gasteiger partial charge in [-0.3, -0.25) is 19.1 Å². The summed E-state index contributed by atoms with van der Waals surface area (Å²) >= 11 is 0. The molecule has 3 heterocycles. The Morgan fingerprint density at radius 2 is 1.72 bits per heavy atom. The van der Waals surface area contributed by atoms with Gasteiger partial charge in [0.2, 0.25) is 0 Å². The number of carbonyl (C=O) groups excluding carboxylic acids is 1. The van der Waals surface area contributed by atoms with Gasteiger partial charge in [-0.15, -0.1) is 0 Å². The Labute approximate surface area is 166 Å². The Morgan fingerprint density at radius 3 is 2.55 bits per heavy atom. The number of rotatable bonds is 2. The molecule has 0 N–H and O–H groups in total. The second kappa shape index (κ2) is 6.77. The Balaban J connectivity index is 1.56. The fourth-order valence-electron chi connectivity index (χ4n) is 4.02. The first-order valence-corrected chi connectivity index (χ1v) is 9.62. The van der Waals surface area contributed by atoms with Gasteiger partial charge in [0.15, 0.2) is 0 Å². The first-order chi connectivity index (χ1) is 14.1. The molecule has 1 aliphatic heterocycles. The molecule has 1 fully saturated rings. The predicted octanol–water partition coefficient (Wildman–Crippen LogP) is 2.85. The van der Waals surface area contributed by atoms with E-state index in [-0.39, 0.29) is 17.5 Å². The van der Waals surface area contributed by atoms with Crippen LogP contribution in [-0.4, -0.2) is 36.9 Å². The quantitative estimate of drug-likeness (QED) is 0.530. The molecule has 4 aromatic rings. The number of benzene rings is 2. The smallest absolute Gasteiger partial charge is 0.274 e. The Hall–Kier alpha value is -3.61. The minimum absolute atomic E-state index is 0.101. The minimum Gasteiger partial charge on any atom is -0.327 e. The number of hydrogen-bond acceptors (Lipinski definition) is 5. The lowest BCUT2D eigenvalue weighted by atomic mass is 10.1. The van der Waals surface area contributed by atoms with Crippen LogP contribution in [0.5, 0.6) is 0 Å². The molecule has 1 atom stereocenters. The first kappa shape index (κ1) is 17.5. The Kier molecular flexibility index (Phi) is 4.08. The number of fused-ring (bicyclic) bond motifs is 2. The highest BCUT2D eigenvalue weighted by molar-refractivity contribution is 5.94. The van der Waals surface area contributed by atoms with E-state index < -0.39 is 0 Å². The van der Waals surface area contributed by atoms with E-state index in [0.717, 1.165) is 18.4 Å². The summed E-state index contributed by atoms with van der Waals surface area (Å²) in [6, 6.07) is 14.5. The second-order valence-corrected chi connectivity index (χ2v) is 7.25. The molecule has 7 heteroatoms. The first-order valence-electron chi connectivity index (χ1n) is 9.62. The van der Waals surface area contributed by atoms with Crippen molar-refractivity contribution in [2.24, 2.45) is 7.05 Å². The topological polar surface area (TPSA) is 81.0 Å². The van der Waals surface area contributed by atoms with Gasteiger partial charge in [0, 0.05) is 13.6 Å². The average molecular weight is 385 g/mol. The monoisotopic (exact) mass is 385 g/mol. The lowest BCUT2D eigenvalue weighted by Gasteiger charge is -2.25. The average Bonchev–Trinajstić information content (AvgIpc) is 3.25. The lowest BCUT2D eigenvalue weighted by molar-refractivity contribution is 0.0721. The minimum atomic E-state index is -0.266. The number of amides is 1. The lowest BCUT2D eigenvalue weighted by Crippen LogP contribution is -2.35. The summed E-state index contributed by atoms with van der Waals surface area (Å²) < 4.78 is 1.56. The van der Waals surface area contributed by atoms with Crippen molar-refractivity contribution in [2.75, 3.05) is 6.54 Å². The highest BCUT2D eigenvalue weighted by atomic mass is 16.2. The van der Waals surface area contributed by atoms with Crippen LogP contribution in [0, 0.1) is 0 Å². The van der Waals surface area contributed by atoms with Gasteiger partial charge in [-0.05, 0) is 37.1 Å². The number of para-hydroxylation sites is 3. The zero-order valence-electron chi connectivity index (χ0n) is 15.9. The van der Waals surface area contributed by atoms with Gasteiger partial charge in [-0.25, -0.2) is 9.97 Å². The zero-order valence-corrected chi connectivity index (χ0v) is 15.9. The fourth-order valence-corrected chi connectivity index (χ4v) is 4.02. The predicted molar refractivity (Wildman–Crippen MR) is 110 cm³/mol. The molecule has 1 amide bonds. The van der Waals surface area contributed by atoms with Crippen molar-refractivity contribution in [1.29, 1.82) is 0 Å². The van der Waals surface area contributed by atoms with Crippen LogP contribution in [0.25, 0.3) is 21.9 Å². The fraction of sp³-hybridized carbons (Fsp3) is 0.227. The molecule has 1 saturated heterocycles. The third kappa shape index (κ3) is 2.86. The summed E-state index contributed by atoms with van der Waals surface area (Å²) in [6.07, 6.45) is 3.12. The summed E-state index contributed by atoms with van der Waals surface area (Å²) in [6.45, 7) is 0.598. The van der Waals surface area contributed by atoms with Crippen LogP contribution in [0.2, 0.25) is 0 Å². The van der Waals surface area contributed by atoms with E-state index >= 15 is 0 Å². The Bertz CT molecular complexity index is 1310. The molecule has 7 nitrogen and oxygen atoms in total. The molecular formula is C22H19N5O2. The van der Waals surface area contributed by atoms with Crippen molar-refractivity contribution in [3.63, 3.8) is 0 Å². The van der Waals surface area contributed by atoms with Gasteiger partial charge in [0.05, 0.1) is 34.2 Å². The van der Waals surface area contributed by atoms with Gasteiger partial charge in [0.1, 0.15) is 11.5 Å². The van der Waals surface area contributed by atoms with Gasteiger partial charge < -0.3 is 4.90 Å². The van der Waals surface area contributed by atoms with Crippen molar-refractivity contribution in [3.8, 4) is 0 Å². The number of aromatic nitrogens is 4. The molecule has 2 aromatic carbocycles. The molecule has 0 radical (unpaired) electrons. The molecular weight excluding hydrogens is 366 g/mol.